The molecule has 10 heteroatoms. The zero-order chi connectivity index (χ0) is 48.4. The van der Waals surface area contributed by atoms with Crippen LogP contribution in [0.4, 0.5) is 0 Å². The van der Waals surface area contributed by atoms with Crippen LogP contribution in [0.5, 0.6) is 0 Å². The first-order valence-electron chi connectivity index (χ1n) is 23.9. The molecule has 8 aromatic carbocycles. The summed E-state index contributed by atoms with van der Waals surface area (Å²) in [5.74, 6) is 0. The van der Waals surface area contributed by atoms with Crippen molar-refractivity contribution in [3.05, 3.63) is 258 Å². The van der Waals surface area contributed by atoms with Crippen LogP contribution in [0.15, 0.2) is 243 Å². The summed E-state index contributed by atoms with van der Waals surface area (Å²) in [4.78, 5) is 0. The SMILES string of the molecule is CC(C)N[PH+](c1ccccc1)c1ccccc1.CC(C)[N-][PH+](c1ccccc1)c1ccccc1.CC(C)[N-][PH+](c1ccccc1)c1ccccc1.CC(C)[N-][PH+](c1ccccc1)c1ccccc1.[Cu+2].[Mn]. The Morgan fingerprint density at radius 1 is 0.271 bits per heavy atom. The minimum atomic E-state index is -0.974. The molecule has 0 atom stereocenters. The maximum Gasteiger partial charge on any atom is 2.00 e. The fourth-order valence-electron chi connectivity index (χ4n) is 7.13. The number of benzene rings is 8. The van der Waals surface area contributed by atoms with Gasteiger partial charge in [0.1, 0.15) is 18.7 Å². The predicted octanol–water partition coefficient (Wildman–Crippen LogP) is 13.4. The van der Waals surface area contributed by atoms with Crippen LogP contribution in [-0.2, 0) is 34.1 Å². The maximum atomic E-state index is 4.92. The second-order valence-electron chi connectivity index (χ2n) is 17.3. The smallest absolute Gasteiger partial charge is 0.481 e. The van der Waals surface area contributed by atoms with Gasteiger partial charge in [-0.25, -0.2) is 0 Å². The fraction of sp³-hybridized carbons (Fsp3) is 0.200. The Labute approximate surface area is 448 Å². The van der Waals surface area contributed by atoms with Gasteiger partial charge in [-0.1, -0.05) is 187 Å². The van der Waals surface area contributed by atoms with Crippen LogP contribution in [0.1, 0.15) is 55.4 Å². The Balaban J connectivity index is 0.000000245. The van der Waals surface area contributed by atoms with Crippen molar-refractivity contribution < 1.29 is 34.1 Å². The molecule has 0 fully saturated rings. The summed E-state index contributed by atoms with van der Waals surface area (Å²) < 4.78 is 0. The minimum Gasteiger partial charge on any atom is -0.481 e. The van der Waals surface area contributed by atoms with Gasteiger partial charge in [-0.05, 0) is 135 Å². The Bertz CT molecular complexity index is 1970. The van der Waals surface area contributed by atoms with Crippen LogP contribution >= 0.6 is 32.3 Å². The number of nitrogens with zero attached hydrogens (tertiary/aromatic N) is 3. The molecule has 0 aliphatic carbocycles. The first kappa shape index (κ1) is 60.7. The quantitative estimate of drug-likeness (QED) is 0.0761. The molecule has 2 radical (unpaired) electrons. The Kier molecular flexibility index (Phi) is 30.0. The van der Waals surface area contributed by atoms with Gasteiger partial charge < -0.3 is 15.3 Å². The topological polar surface area (TPSA) is 54.3 Å². The molecule has 0 aliphatic heterocycles. The minimum absolute atomic E-state index is 0. The number of hydrogen-bond acceptors (Lipinski definition) is 1. The molecule has 1 N–H and O–H groups in total. The van der Waals surface area contributed by atoms with E-state index in [0.29, 0.717) is 24.2 Å². The van der Waals surface area contributed by atoms with E-state index in [1.165, 1.54) is 42.4 Å². The van der Waals surface area contributed by atoms with E-state index in [9.17, 15) is 0 Å². The first-order chi connectivity index (χ1) is 33.1. The molecule has 0 aliphatic rings. The third-order valence-corrected chi connectivity index (χ3v) is 20.3. The van der Waals surface area contributed by atoms with E-state index in [0.717, 1.165) is 0 Å². The van der Waals surface area contributed by atoms with Gasteiger partial charge >= 0.3 is 17.1 Å². The molecule has 8 rings (SSSR count). The van der Waals surface area contributed by atoms with Crippen molar-refractivity contribution in [1.29, 1.82) is 0 Å². The van der Waals surface area contributed by atoms with Gasteiger partial charge in [-0.2, -0.15) is 5.09 Å². The molecule has 368 valence electrons. The molecule has 0 saturated heterocycles. The standard InChI is InChI=1S/4C15H18NP.Cu.Mn/c4*1-13(2)16-17(14-9-5-3-6-10-14)15-11-7-4-8-12-15;;/h3*3-13,17H,1-2H3;3-13,16H,1-2H3;;/q;;;;+2;/p+1. The molecule has 0 saturated carbocycles. The summed E-state index contributed by atoms with van der Waals surface area (Å²) in [6.07, 6.45) is 0. The van der Waals surface area contributed by atoms with E-state index in [4.69, 9.17) is 15.3 Å². The summed E-state index contributed by atoms with van der Waals surface area (Å²) in [6, 6.07) is 86.9. The molecular weight excluding hydrogens is 1020 g/mol. The van der Waals surface area contributed by atoms with Crippen LogP contribution in [0.25, 0.3) is 15.3 Å². The van der Waals surface area contributed by atoms with E-state index in [1.54, 1.807) is 0 Å². The first-order valence-corrected chi connectivity index (χ1v) is 29.7. The molecule has 8 aromatic rings. The van der Waals surface area contributed by atoms with Gasteiger partial charge in [-0.15, -0.1) is 18.1 Å². The zero-order valence-corrected chi connectivity index (χ0v) is 48.0. The summed E-state index contributed by atoms with van der Waals surface area (Å²) in [5, 5.41) is 29.5. The summed E-state index contributed by atoms with van der Waals surface area (Å²) in [6.45, 7) is 17.3. The van der Waals surface area contributed by atoms with E-state index >= 15 is 0 Å². The monoisotopic (exact) mass is 1090 g/mol. The van der Waals surface area contributed by atoms with Crippen molar-refractivity contribution in [3.8, 4) is 0 Å². The van der Waals surface area contributed by atoms with E-state index in [-0.39, 0.29) is 34.1 Å². The maximum absolute atomic E-state index is 4.92. The molecule has 70 heavy (non-hydrogen) atoms. The molecule has 0 spiro atoms. The van der Waals surface area contributed by atoms with Gasteiger partial charge in [0, 0.05) is 23.1 Å². The largest absolute Gasteiger partial charge is 2.00 e. The average molecular weight is 1090 g/mol. The van der Waals surface area contributed by atoms with E-state index in [2.05, 4.69) is 303 Å². The summed E-state index contributed by atoms with van der Waals surface area (Å²) in [5.41, 5.74) is 0. The predicted molar refractivity (Wildman–Crippen MR) is 316 cm³/mol. The van der Waals surface area contributed by atoms with E-state index in [1.807, 2.05) is 0 Å². The average Bonchev–Trinajstić information content (AvgIpc) is 3.38. The molecule has 0 amide bonds. The Hall–Kier alpha value is -3.64. The van der Waals surface area contributed by atoms with Gasteiger partial charge in [0.15, 0.2) is 0 Å². The van der Waals surface area contributed by atoms with Crippen LogP contribution in [0.3, 0.4) is 0 Å². The second kappa shape index (κ2) is 34.7. The van der Waals surface area contributed by atoms with Crippen LogP contribution in [0, 0.1) is 0 Å². The second-order valence-corrected chi connectivity index (χ2v) is 25.8. The third-order valence-electron chi connectivity index (χ3n) is 10.0. The molecular formula is C60H73CuMnN4P4+3. The van der Waals surface area contributed by atoms with Crippen molar-refractivity contribution in [1.82, 2.24) is 5.09 Å². The molecule has 4 nitrogen and oxygen atoms in total. The Morgan fingerprint density at radius 2 is 0.429 bits per heavy atom. The van der Waals surface area contributed by atoms with Gasteiger partial charge in [0.05, 0.1) is 31.8 Å². The normalized spacial score (nSPS) is 10.7. The molecule has 0 bridgehead atoms. The third kappa shape index (κ3) is 22.0. The Morgan fingerprint density at radius 3 is 0.571 bits per heavy atom. The molecule has 0 heterocycles. The van der Waals surface area contributed by atoms with Gasteiger partial charge in [-0.3, -0.25) is 0 Å². The van der Waals surface area contributed by atoms with Crippen molar-refractivity contribution >= 4 is 74.7 Å². The molecule has 0 unspecified atom stereocenters. The molecule has 0 aromatic heterocycles. The van der Waals surface area contributed by atoms with Gasteiger partial charge in [0.25, 0.3) is 0 Å². The van der Waals surface area contributed by atoms with Crippen molar-refractivity contribution in [2.45, 2.75) is 79.6 Å². The van der Waals surface area contributed by atoms with E-state index < -0.39 is 32.3 Å². The summed E-state index contributed by atoms with van der Waals surface area (Å²) in [7, 11) is -3.77. The van der Waals surface area contributed by atoms with Crippen LogP contribution < -0.4 is 47.5 Å². The number of hydrogen-bond donors (Lipinski definition) is 1. The fourth-order valence-corrected chi connectivity index (χ4v) is 15.9. The van der Waals surface area contributed by atoms with Gasteiger partial charge in [0.2, 0.25) is 0 Å². The zero-order valence-electron chi connectivity index (χ0n) is 41.9. The van der Waals surface area contributed by atoms with Crippen molar-refractivity contribution in [3.63, 3.8) is 0 Å². The van der Waals surface area contributed by atoms with Crippen LogP contribution in [-0.4, -0.2) is 24.2 Å². The van der Waals surface area contributed by atoms with Crippen molar-refractivity contribution in [2.75, 3.05) is 0 Å². The summed E-state index contributed by atoms with van der Waals surface area (Å²) >= 11 is 0. The van der Waals surface area contributed by atoms with Crippen LogP contribution in [0.2, 0.25) is 0 Å². The van der Waals surface area contributed by atoms with Crippen molar-refractivity contribution in [2.24, 2.45) is 0 Å². The number of rotatable bonds is 16. The number of nitrogens with one attached hydrogen (secondary N) is 1.